The first-order valence-electron chi connectivity index (χ1n) is 3.02. The zero-order valence-electron chi connectivity index (χ0n) is 7.79. The number of halogens is 2. The molecule has 14 heavy (non-hydrogen) atoms. The Morgan fingerprint density at radius 1 is 1.00 bits per heavy atom. The van der Waals surface area contributed by atoms with Crippen LogP contribution in [0.4, 0.5) is 8.78 Å². The van der Waals surface area contributed by atoms with E-state index in [9.17, 15) is 18.8 Å². The first-order valence-corrected chi connectivity index (χ1v) is 3.02. The van der Waals surface area contributed by atoms with E-state index in [1.807, 2.05) is 0 Å². The minimum Gasteiger partial charge on any atom is -0.860 e. The van der Waals surface area contributed by atoms with Crippen LogP contribution < -0.4 is 52.4 Å². The molecule has 0 atom stereocenters. The zero-order chi connectivity index (χ0) is 9.14. The van der Waals surface area contributed by atoms with Gasteiger partial charge in [-0.15, -0.1) is 0 Å². The van der Waals surface area contributed by atoms with E-state index in [2.05, 4.69) is 4.65 Å². The van der Waals surface area contributed by atoms with E-state index >= 15 is 0 Å². The van der Waals surface area contributed by atoms with Gasteiger partial charge in [0.15, 0.2) is 0 Å². The molecule has 1 aromatic rings. The van der Waals surface area contributed by atoms with Crippen molar-refractivity contribution >= 4 is 7.32 Å². The second-order valence-electron chi connectivity index (χ2n) is 2.01. The Labute approximate surface area is 104 Å². The number of benzene rings is 1. The molecular formula is C6H3BF2Li2O3. The van der Waals surface area contributed by atoms with Crippen molar-refractivity contribution in [2.75, 3.05) is 0 Å². The molecule has 0 saturated heterocycles. The van der Waals surface area contributed by atoms with Crippen molar-refractivity contribution in [2.45, 2.75) is 0 Å². The van der Waals surface area contributed by atoms with Crippen LogP contribution in [0, 0.1) is 11.6 Å². The molecule has 8 heteroatoms. The zero-order valence-corrected chi connectivity index (χ0v) is 7.79. The van der Waals surface area contributed by atoms with Crippen molar-refractivity contribution in [1.29, 1.82) is 0 Å². The average molecular weight is 186 g/mol. The van der Waals surface area contributed by atoms with Gasteiger partial charge in [-0.05, 0) is 0 Å². The maximum atomic E-state index is 12.4. The van der Waals surface area contributed by atoms with Gasteiger partial charge in [-0.2, -0.15) is 0 Å². The normalized spacial score (nSPS) is 8.29. The SMILES string of the molecule is [Li+].[Li+].[O-]B([O-])Oc1cc(F)cc(F)c1. The molecule has 0 spiro atoms. The number of hydrogen-bond acceptors (Lipinski definition) is 3. The molecule has 0 radical (unpaired) electrons. The van der Waals surface area contributed by atoms with Gasteiger partial charge >= 0.3 is 37.7 Å². The maximum Gasteiger partial charge on any atom is 1.00 e. The molecule has 0 aliphatic rings. The summed E-state index contributed by atoms with van der Waals surface area (Å²) in [5.74, 6) is -2.20. The Morgan fingerprint density at radius 2 is 1.43 bits per heavy atom. The summed E-state index contributed by atoms with van der Waals surface area (Å²) in [6.45, 7) is 0. The maximum absolute atomic E-state index is 12.4. The van der Waals surface area contributed by atoms with Gasteiger partial charge in [0.2, 0.25) is 0 Å². The van der Waals surface area contributed by atoms with Crippen molar-refractivity contribution in [3.63, 3.8) is 0 Å². The van der Waals surface area contributed by atoms with Gasteiger partial charge in [-0.1, -0.05) is 0 Å². The summed E-state index contributed by atoms with van der Waals surface area (Å²) in [4.78, 5) is 0. The molecule has 64 valence electrons. The smallest absolute Gasteiger partial charge is 0.860 e. The Kier molecular flexibility index (Phi) is 8.67. The van der Waals surface area contributed by atoms with Gasteiger partial charge in [0, 0.05) is 18.2 Å². The van der Waals surface area contributed by atoms with Crippen LogP contribution in [0.1, 0.15) is 0 Å². The molecule has 3 nitrogen and oxygen atoms in total. The predicted octanol–water partition coefficient (Wildman–Crippen LogP) is -6.94. The molecule has 0 aliphatic heterocycles. The van der Waals surface area contributed by atoms with Gasteiger partial charge in [0.1, 0.15) is 24.7 Å². The molecule has 0 heterocycles. The Hall–Kier alpha value is 0.0597. The third-order valence-electron chi connectivity index (χ3n) is 1.07. The van der Waals surface area contributed by atoms with Crippen molar-refractivity contribution in [1.82, 2.24) is 0 Å². The minimum atomic E-state index is -2.58. The van der Waals surface area contributed by atoms with E-state index in [1.165, 1.54) is 0 Å². The molecule has 1 rings (SSSR count). The second kappa shape index (κ2) is 7.36. The van der Waals surface area contributed by atoms with Gasteiger partial charge in [0.05, 0.1) is 0 Å². The number of rotatable bonds is 2. The third-order valence-corrected chi connectivity index (χ3v) is 1.07. The Morgan fingerprint density at radius 3 is 1.79 bits per heavy atom. The summed E-state index contributed by atoms with van der Waals surface area (Å²) in [7, 11) is -2.58. The quantitative estimate of drug-likeness (QED) is 0.431. The Bertz CT molecular complexity index is 268. The van der Waals surface area contributed by atoms with E-state index in [4.69, 9.17) is 0 Å². The monoisotopic (exact) mass is 186 g/mol. The topological polar surface area (TPSA) is 55.3 Å². The summed E-state index contributed by atoms with van der Waals surface area (Å²) in [5.41, 5.74) is 0. The van der Waals surface area contributed by atoms with Crippen LogP contribution in [0.3, 0.4) is 0 Å². The fraction of sp³-hybridized carbons (Fsp3) is 0. The summed E-state index contributed by atoms with van der Waals surface area (Å²) in [5, 5.41) is 19.8. The molecule has 0 bridgehead atoms. The second-order valence-corrected chi connectivity index (χ2v) is 2.01. The van der Waals surface area contributed by atoms with Crippen LogP contribution in [0.5, 0.6) is 5.75 Å². The van der Waals surface area contributed by atoms with Crippen molar-refractivity contribution < 1.29 is 61.2 Å². The van der Waals surface area contributed by atoms with Crippen molar-refractivity contribution in [3.05, 3.63) is 29.8 Å². The molecule has 1 aromatic carbocycles. The molecule has 0 saturated carbocycles. The standard InChI is InChI=1S/C6H3BF2O3.2Li/c8-4-1-5(9)3-6(2-4)12-7(10)11;;/h1-3H;;/q-2;2*+1. The Balaban J connectivity index is 0. The molecule has 0 amide bonds. The van der Waals surface area contributed by atoms with Crippen LogP contribution in [0.15, 0.2) is 18.2 Å². The third kappa shape index (κ3) is 5.72. The van der Waals surface area contributed by atoms with Crippen LogP contribution in [0.2, 0.25) is 0 Å². The van der Waals surface area contributed by atoms with Crippen LogP contribution >= 0.6 is 0 Å². The van der Waals surface area contributed by atoms with Gasteiger partial charge < -0.3 is 14.7 Å². The molecule has 0 N–H and O–H groups in total. The van der Waals surface area contributed by atoms with Crippen LogP contribution in [-0.4, -0.2) is 7.32 Å². The molecule has 0 fully saturated rings. The van der Waals surface area contributed by atoms with E-state index in [-0.39, 0.29) is 37.7 Å². The summed E-state index contributed by atoms with van der Waals surface area (Å²) in [6, 6.07) is 2.12. The summed E-state index contributed by atoms with van der Waals surface area (Å²) < 4.78 is 28.7. The molecule has 0 aromatic heterocycles. The molecular weight excluding hydrogens is 183 g/mol. The molecule has 0 unspecified atom stereocenters. The van der Waals surface area contributed by atoms with Gasteiger partial charge in [-0.3, -0.25) is 0 Å². The minimum absolute atomic E-state index is 0. The fourth-order valence-corrected chi connectivity index (χ4v) is 0.708. The number of hydrogen-bond donors (Lipinski definition) is 0. The fourth-order valence-electron chi connectivity index (χ4n) is 0.708. The van der Waals surface area contributed by atoms with Crippen LogP contribution in [0.25, 0.3) is 0 Å². The van der Waals surface area contributed by atoms with Crippen LogP contribution in [-0.2, 0) is 0 Å². The van der Waals surface area contributed by atoms with E-state index < -0.39 is 24.7 Å². The summed E-state index contributed by atoms with van der Waals surface area (Å²) in [6.07, 6.45) is 0. The first kappa shape index (κ1) is 16.5. The first-order chi connectivity index (χ1) is 5.58. The molecule has 0 aliphatic carbocycles. The van der Waals surface area contributed by atoms with Crippen molar-refractivity contribution in [2.24, 2.45) is 0 Å². The van der Waals surface area contributed by atoms with E-state index in [0.29, 0.717) is 6.07 Å². The van der Waals surface area contributed by atoms with Gasteiger partial charge in [0.25, 0.3) is 0 Å². The summed E-state index contributed by atoms with van der Waals surface area (Å²) >= 11 is 0. The van der Waals surface area contributed by atoms with E-state index in [1.54, 1.807) is 0 Å². The largest absolute Gasteiger partial charge is 1.00 e. The van der Waals surface area contributed by atoms with Gasteiger partial charge in [-0.25, -0.2) is 8.78 Å². The van der Waals surface area contributed by atoms with E-state index in [0.717, 1.165) is 12.1 Å². The van der Waals surface area contributed by atoms with Crippen molar-refractivity contribution in [3.8, 4) is 5.75 Å². The predicted molar refractivity (Wildman–Crippen MR) is 32.7 cm³/mol. The average Bonchev–Trinajstić information content (AvgIpc) is 1.81.